The number of halogens is 1. The molecule has 2 rings (SSSR count). The number of hydrogen-bond acceptors (Lipinski definition) is 5. The molecule has 0 atom stereocenters. The van der Waals surface area contributed by atoms with Gasteiger partial charge >= 0.3 is 0 Å². The van der Waals surface area contributed by atoms with Crippen LogP contribution in [0.4, 0.5) is 17.3 Å². The number of carbonyl (C=O) groups excluding carboxylic acids is 1. The first-order valence-corrected chi connectivity index (χ1v) is 5.58. The van der Waals surface area contributed by atoms with Gasteiger partial charge in [-0.2, -0.15) is 0 Å². The smallest absolute Gasteiger partial charge is 0.157 e. The zero-order chi connectivity index (χ0) is 13.1. The normalized spacial score (nSPS) is 10.1. The molecule has 1 aromatic heterocycles. The van der Waals surface area contributed by atoms with Crippen molar-refractivity contribution in [3.8, 4) is 0 Å². The van der Waals surface area contributed by atoms with Crippen LogP contribution in [0.1, 0.15) is 15.9 Å². The molecule has 6 heteroatoms. The van der Waals surface area contributed by atoms with E-state index in [-0.39, 0.29) is 11.4 Å². The fraction of sp³-hybridized carbons (Fsp3) is 0.0833. The Morgan fingerprint density at radius 1 is 1.39 bits per heavy atom. The molecule has 0 saturated heterocycles. The number of hydrogen-bond donors (Lipinski definition) is 2. The first-order valence-electron chi connectivity index (χ1n) is 5.20. The van der Waals surface area contributed by atoms with E-state index in [4.69, 9.17) is 17.3 Å². The van der Waals surface area contributed by atoms with Crippen LogP contribution in [-0.4, -0.2) is 16.3 Å². The Morgan fingerprint density at radius 2 is 2.17 bits per heavy atom. The van der Waals surface area contributed by atoms with E-state index in [1.54, 1.807) is 6.07 Å². The second kappa shape index (κ2) is 5.01. The highest BCUT2D eigenvalue weighted by Gasteiger charge is 2.09. The average Bonchev–Trinajstić information content (AvgIpc) is 2.33. The molecule has 0 aliphatic rings. The highest BCUT2D eigenvalue weighted by atomic mass is 35.5. The van der Waals surface area contributed by atoms with Gasteiger partial charge in [-0.3, -0.25) is 4.79 Å². The molecule has 1 heterocycles. The maximum Gasteiger partial charge on any atom is 0.157 e. The Morgan fingerprint density at radius 3 is 2.83 bits per heavy atom. The summed E-state index contributed by atoms with van der Waals surface area (Å²) in [5.41, 5.74) is 7.59. The average molecular weight is 263 g/mol. The van der Waals surface area contributed by atoms with Crippen LogP contribution in [0.25, 0.3) is 0 Å². The number of aldehydes is 1. The molecule has 0 aliphatic carbocycles. The molecule has 0 saturated carbocycles. The Hall–Kier alpha value is -2.14. The number of nitrogens with zero attached hydrogens (tertiary/aromatic N) is 2. The van der Waals surface area contributed by atoms with Crippen LogP contribution in [0.15, 0.2) is 24.5 Å². The van der Waals surface area contributed by atoms with Crippen molar-refractivity contribution < 1.29 is 4.79 Å². The first-order chi connectivity index (χ1) is 8.61. The van der Waals surface area contributed by atoms with Crippen LogP contribution in [0.2, 0.25) is 5.02 Å². The molecule has 0 bridgehead atoms. The van der Waals surface area contributed by atoms with Crippen LogP contribution >= 0.6 is 11.6 Å². The number of nitrogen functional groups attached to an aromatic ring is 1. The lowest BCUT2D eigenvalue weighted by Crippen LogP contribution is -2.05. The number of aryl methyl sites for hydroxylation is 1. The molecule has 92 valence electrons. The number of carbonyl (C=O) groups is 1. The minimum absolute atomic E-state index is 0.147. The minimum atomic E-state index is 0.147. The van der Waals surface area contributed by atoms with Crippen LogP contribution < -0.4 is 11.1 Å². The lowest BCUT2D eigenvalue weighted by Gasteiger charge is -2.11. The van der Waals surface area contributed by atoms with Crippen molar-refractivity contribution in [2.24, 2.45) is 0 Å². The summed E-state index contributed by atoms with van der Waals surface area (Å²) >= 11 is 5.87. The molecule has 0 spiro atoms. The van der Waals surface area contributed by atoms with E-state index in [0.29, 0.717) is 17.1 Å². The van der Waals surface area contributed by atoms with Crippen molar-refractivity contribution >= 4 is 35.2 Å². The molecule has 0 fully saturated rings. The standard InChI is InChI=1S/C12H11ClN4O/c1-7-4-8(13)2-3-10(7)17-12-9(5-18)11(14)15-6-16-12/h2-6H,1H3,(H3,14,15,16,17). The van der Waals surface area contributed by atoms with Crippen molar-refractivity contribution in [3.63, 3.8) is 0 Å². The summed E-state index contributed by atoms with van der Waals surface area (Å²) in [4.78, 5) is 18.7. The van der Waals surface area contributed by atoms with E-state index in [2.05, 4.69) is 15.3 Å². The third-order valence-corrected chi connectivity index (χ3v) is 2.71. The third-order valence-electron chi connectivity index (χ3n) is 2.47. The Labute approximate surface area is 109 Å². The molecule has 1 aromatic carbocycles. The van der Waals surface area contributed by atoms with Gasteiger partial charge in [0.15, 0.2) is 6.29 Å². The lowest BCUT2D eigenvalue weighted by atomic mass is 10.2. The number of nitrogens with one attached hydrogen (secondary N) is 1. The van der Waals surface area contributed by atoms with E-state index in [1.807, 2.05) is 19.1 Å². The molecule has 5 nitrogen and oxygen atoms in total. The monoisotopic (exact) mass is 262 g/mol. The number of rotatable bonds is 3. The second-order valence-electron chi connectivity index (χ2n) is 3.72. The minimum Gasteiger partial charge on any atom is -0.383 e. The fourth-order valence-corrected chi connectivity index (χ4v) is 1.75. The van der Waals surface area contributed by atoms with Crippen LogP contribution in [0.5, 0.6) is 0 Å². The van der Waals surface area contributed by atoms with Crippen LogP contribution in [0.3, 0.4) is 0 Å². The molecule has 3 N–H and O–H groups in total. The van der Waals surface area contributed by atoms with Crippen molar-refractivity contribution in [1.29, 1.82) is 0 Å². The Bertz CT molecular complexity index is 601. The van der Waals surface area contributed by atoms with Gasteiger partial charge in [0.2, 0.25) is 0 Å². The quantitative estimate of drug-likeness (QED) is 0.831. The van der Waals surface area contributed by atoms with Crippen molar-refractivity contribution in [2.45, 2.75) is 6.92 Å². The van der Waals surface area contributed by atoms with Crippen molar-refractivity contribution in [2.75, 3.05) is 11.1 Å². The van der Waals surface area contributed by atoms with Gasteiger partial charge in [-0.25, -0.2) is 9.97 Å². The zero-order valence-corrected chi connectivity index (χ0v) is 10.4. The van der Waals surface area contributed by atoms with Crippen molar-refractivity contribution in [1.82, 2.24) is 9.97 Å². The summed E-state index contributed by atoms with van der Waals surface area (Å²) in [6.45, 7) is 1.90. The summed E-state index contributed by atoms with van der Waals surface area (Å²) in [5, 5.41) is 3.69. The van der Waals surface area contributed by atoms with Gasteiger partial charge in [-0.05, 0) is 30.7 Å². The molecular formula is C12H11ClN4O. The van der Waals surface area contributed by atoms with Crippen molar-refractivity contribution in [3.05, 3.63) is 40.7 Å². The molecule has 2 aromatic rings. The zero-order valence-electron chi connectivity index (χ0n) is 9.64. The molecule has 18 heavy (non-hydrogen) atoms. The highest BCUT2D eigenvalue weighted by Crippen LogP contribution is 2.24. The Balaban J connectivity index is 2.40. The van der Waals surface area contributed by atoms with Gasteiger partial charge < -0.3 is 11.1 Å². The summed E-state index contributed by atoms with van der Waals surface area (Å²) in [6, 6.07) is 5.38. The Kier molecular flexibility index (Phi) is 3.43. The fourth-order valence-electron chi connectivity index (χ4n) is 1.52. The maximum absolute atomic E-state index is 11.0. The maximum atomic E-state index is 11.0. The first kappa shape index (κ1) is 12.3. The summed E-state index contributed by atoms with van der Waals surface area (Å²) in [5.74, 6) is 0.525. The van der Waals surface area contributed by atoms with Gasteiger partial charge in [0.05, 0.1) is 5.56 Å². The van der Waals surface area contributed by atoms with Crippen LogP contribution in [0, 0.1) is 6.92 Å². The molecule has 0 radical (unpaired) electrons. The predicted molar refractivity (Wildman–Crippen MR) is 71.3 cm³/mol. The number of aromatic nitrogens is 2. The topological polar surface area (TPSA) is 80.9 Å². The van der Waals surface area contributed by atoms with Gasteiger partial charge in [0.25, 0.3) is 0 Å². The largest absolute Gasteiger partial charge is 0.383 e. The van der Waals surface area contributed by atoms with Gasteiger partial charge in [-0.15, -0.1) is 0 Å². The summed E-state index contributed by atoms with van der Waals surface area (Å²) < 4.78 is 0. The van der Waals surface area contributed by atoms with E-state index < -0.39 is 0 Å². The summed E-state index contributed by atoms with van der Waals surface area (Å²) in [6.07, 6.45) is 1.93. The number of benzene rings is 1. The molecular weight excluding hydrogens is 252 g/mol. The lowest BCUT2D eigenvalue weighted by molar-refractivity contribution is 0.112. The van der Waals surface area contributed by atoms with E-state index in [0.717, 1.165) is 11.3 Å². The van der Waals surface area contributed by atoms with Gasteiger partial charge in [0, 0.05) is 10.7 Å². The van der Waals surface area contributed by atoms with E-state index in [9.17, 15) is 4.79 Å². The van der Waals surface area contributed by atoms with Gasteiger partial charge in [-0.1, -0.05) is 11.6 Å². The second-order valence-corrected chi connectivity index (χ2v) is 4.16. The highest BCUT2D eigenvalue weighted by molar-refractivity contribution is 6.30. The molecule has 0 amide bonds. The van der Waals surface area contributed by atoms with Crippen LogP contribution in [-0.2, 0) is 0 Å². The number of nitrogens with two attached hydrogens (primary N) is 1. The SMILES string of the molecule is Cc1cc(Cl)ccc1Nc1ncnc(N)c1C=O. The number of anilines is 3. The van der Waals surface area contributed by atoms with E-state index in [1.165, 1.54) is 6.33 Å². The third kappa shape index (κ3) is 2.41. The molecule has 0 aliphatic heterocycles. The summed E-state index contributed by atoms with van der Waals surface area (Å²) in [7, 11) is 0. The predicted octanol–water partition coefficient (Wildman–Crippen LogP) is 2.58. The molecule has 0 unspecified atom stereocenters. The van der Waals surface area contributed by atoms with E-state index >= 15 is 0 Å². The van der Waals surface area contributed by atoms with Gasteiger partial charge in [0.1, 0.15) is 18.0 Å².